The van der Waals surface area contributed by atoms with Crippen molar-refractivity contribution in [2.75, 3.05) is 5.73 Å². The molecule has 1 aromatic carbocycles. The van der Waals surface area contributed by atoms with Crippen LogP contribution in [0.25, 0.3) is 27.3 Å². The van der Waals surface area contributed by atoms with Crippen LogP contribution in [-0.2, 0) is 12.8 Å². The average molecular weight is 335 g/mol. The van der Waals surface area contributed by atoms with Gasteiger partial charge in [0.15, 0.2) is 11.5 Å². The largest absolute Gasteiger partial charge is 0.398 e. The Labute approximate surface area is 143 Å². The van der Waals surface area contributed by atoms with Gasteiger partial charge in [0.2, 0.25) is 0 Å². The Morgan fingerprint density at radius 1 is 1.29 bits per heavy atom. The van der Waals surface area contributed by atoms with Crippen molar-refractivity contribution in [3.05, 3.63) is 41.0 Å². The van der Waals surface area contributed by atoms with Crippen molar-refractivity contribution < 1.29 is 0 Å². The van der Waals surface area contributed by atoms with Crippen LogP contribution in [-0.4, -0.2) is 19.6 Å². The highest BCUT2D eigenvalue weighted by Crippen LogP contribution is 2.39. The number of benzene rings is 1. The standard InChI is InChI=1S/C18H17N5S/c1-10-6-7-12-14(8-10)24-18-15(12)17-21-16(22-23(17)9-20-18)11-4-2-3-5-13(11)19/h2-5,9-10H,6-8,19H2,1H3/t10-/m0/s1. The first-order chi connectivity index (χ1) is 11.7. The third kappa shape index (κ3) is 1.96. The fraction of sp³-hybridized carbons (Fsp3) is 0.278. The van der Waals surface area contributed by atoms with Crippen LogP contribution >= 0.6 is 11.3 Å². The molecule has 120 valence electrons. The molecular weight excluding hydrogens is 318 g/mol. The number of nitrogens with zero attached hydrogens (tertiary/aromatic N) is 4. The minimum absolute atomic E-state index is 0.659. The summed E-state index contributed by atoms with van der Waals surface area (Å²) in [7, 11) is 0. The highest BCUT2D eigenvalue weighted by atomic mass is 32.1. The number of nitrogen functional groups attached to an aromatic ring is 1. The number of fused-ring (bicyclic) bond motifs is 5. The van der Waals surface area contributed by atoms with E-state index in [0.717, 1.165) is 34.8 Å². The van der Waals surface area contributed by atoms with Crippen molar-refractivity contribution in [3.8, 4) is 11.4 Å². The first-order valence-electron chi connectivity index (χ1n) is 8.21. The van der Waals surface area contributed by atoms with Gasteiger partial charge in [-0.3, -0.25) is 0 Å². The van der Waals surface area contributed by atoms with Gasteiger partial charge in [-0.15, -0.1) is 16.4 Å². The van der Waals surface area contributed by atoms with Gasteiger partial charge < -0.3 is 5.73 Å². The zero-order valence-electron chi connectivity index (χ0n) is 13.4. The Bertz CT molecular complexity index is 1080. The van der Waals surface area contributed by atoms with E-state index in [9.17, 15) is 0 Å². The minimum Gasteiger partial charge on any atom is -0.398 e. The Hall–Kier alpha value is -2.47. The molecule has 0 radical (unpaired) electrons. The van der Waals surface area contributed by atoms with E-state index in [1.807, 2.05) is 35.6 Å². The molecule has 0 saturated heterocycles. The number of hydrogen-bond donors (Lipinski definition) is 1. The zero-order valence-corrected chi connectivity index (χ0v) is 14.2. The molecule has 24 heavy (non-hydrogen) atoms. The van der Waals surface area contributed by atoms with E-state index < -0.39 is 0 Å². The number of thiophene rings is 1. The predicted molar refractivity (Wildman–Crippen MR) is 97.2 cm³/mol. The minimum atomic E-state index is 0.659. The molecule has 2 N–H and O–H groups in total. The number of rotatable bonds is 1. The molecular formula is C18H17N5S. The number of aromatic nitrogens is 4. The number of nitrogens with two attached hydrogens (primary N) is 1. The number of anilines is 1. The normalized spacial score (nSPS) is 17.5. The van der Waals surface area contributed by atoms with E-state index in [1.165, 1.54) is 22.2 Å². The van der Waals surface area contributed by atoms with Crippen molar-refractivity contribution in [1.29, 1.82) is 0 Å². The fourth-order valence-corrected chi connectivity index (χ4v) is 4.90. The summed E-state index contributed by atoms with van der Waals surface area (Å²) < 4.78 is 1.79. The lowest BCUT2D eigenvalue weighted by molar-refractivity contribution is 0.509. The molecule has 1 aliphatic carbocycles. The molecule has 5 nitrogen and oxygen atoms in total. The van der Waals surface area contributed by atoms with Gasteiger partial charge in [-0.25, -0.2) is 14.5 Å². The maximum absolute atomic E-state index is 6.09. The second-order valence-electron chi connectivity index (χ2n) is 6.57. The zero-order chi connectivity index (χ0) is 16.3. The molecule has 0 amide bonds. The summed E-state index contributed by atoms with van der Waals surface area (Å²) in [5, 5.41) is 5.78. The number of para-hydroxylation sites is 1. The summed E-state index contributed by atoms with van der Waals surface area (Å²) in [5.41, 5.74) is 9.97. The summed E-state index contributed by atoms with van der Waals surface area (Å²) in [6.07, 6.45) is 5.24. The van der Waals surface area contributed by atoms with Gasteiger partial charge >= 0.3 is 0 Å². The Morgan fingerprint density at radius 3 is 3.04 bits per heavy atom. The van der Waals surface area contributed by atoms with E-state index >= 15 is 0 Å². The maximum Gasteiger partial charge on any atom is 0.184 e. The van der Waals surface area contributed by atoms with Crippen LogP contribution in [0.2, 0.25) is 0 Å². The fourth-order valence-electron chi connectivity index (χ4n) is 3.55. The van der Waals surface area contributed by atoms with Gasteiger partial charge in [0, 0.05) is 16.1 Å². The van der Waals surface area contributed by atoms with Crippen LogP contribution in [0.15, 0.2) is 30.6 Å². The Kier molecular flexibility index (Phi) is 2.91. The first-order valence-corrected chi connectivity index (χ1v) is 9.03. The van der Waals surface area contributed by atoms with Gasteiger partial charge in [0.05, 0.1) is 5.39 Å². The van der Waals surface area contributed by atoms with Gasteiger partial charge in [-0.2, -0.15) is 0 Å². The summed E-state index contributed by atoms with van der Waals surface area (Å²) in [6, 6.07) is 7.71. The van der Waals surface area contributed by atoms with E-state index in [2.05, 4.69) is 17.0 Å². The molecule has 3 aromatic heterocycles. The third-order valence-electron chi connectivity index (χ3n) is 4.83. The lowest BCUT2D eigenvalue weighted by Gasteiger charge is -2.17. The van der Waals surface area contributed by atoms with Crippen molar-refractivity contribution >= 4 is 32.9 Å². The van der Waals surface area contributed by atoms with Crippen molar-refractivity contribution in [3.63, 3.8) is 0 Å². The van der Waals surface area contributed by atoms with Crippen molar-refractivity contribution in [2.24, 2.45) is 5.92 Å². The van der Waals surface area contributed by atoms with Crippen molar-refractivity contribution in [2.45, 2.75) is 26.2 Å². The molecule has 0 aliphatic heterocycles. The van der Waals surface area contributed by atoms with Crippen LogP contribution in [0.1, 0.15) is 23.8 Å². The summed E-state index contributed by atoms with van der Waals surface area (Å²) >= 11 is 1.81. The van der Waals surface area contributed by atoms with E-state index in [0.29, 0.717) is 11.5 Å². The third-order valence-corrected chi connectivity index (χ3v) is 6.00. The van der Waals surface area contributed by atoms with Crippen LogP contribution in [0.5, 0.6) is 0 Å². The summed E-state index contributed by atoms with van der Waals surface area (Å²) in [6.45, 7) is 2.32. The van der Waals surface area contributed by atoms with E-state index in [1.54, 1.807) is 10.8 Å². The molecule has 0 bridgehead atoms. The molecule has 6 heteroatoms. The monoisotopic (exact) mass is 335 g/mol. The topological polar surface area (TPSA) is 69.1 Å². The van der Waals surface area contributed by atoms with Crippen LogP contribution in [0, 0.1) is 5.92 Å². The van der Waals surface area contributed by atoms with Crippen molar-refractivity contribution in [1.82, 2.24) is 19.6 Å². The smallest absolute Gasteiger partial charge is 0.184 e. The Balaban J connectivity index is 1.78. The molecule has 5 rings (SSSR count). The molecule has 3 heterocycles. The van der Waals surface area contributed by atoms with E-state index in [4.69, 9.17) is 10.7 Å². The van der Waals surface area contributed by atoms with Crippen LogP contribution in [0.3, 0.4) is 0 Å². The van der Waals surface area contributed by atoms with Gasteiger partial charge in [-0.05, 0) is 42.9 Å². The molecule has 0 spiro atoms. The molecule has 1 aliphatic rings. The predicted octanol–water partition coefficient (Wildman–Crippen LogP) is 3.71. The van der Waals surface area contributed by atoms with Gasteiger partial charge in [0.1, 0.15) is 11.2 Å². The summed E-state index contributed by atoms with van der Waals surface area (Å²) in [5.74, 6) is 1.41. The lowest BCUT2D eigenvalue weighted by Crippen LogP contribution is -2.08. The SMILES string of the molecule is C[C@H]1CCc2c(sc3ncn4nc(-c5ccccc5N)nc4c23)C1. The van der Waals surface area contributed by atoms with Crippen LogP contribution < -0.4 is 5.73 Å². The highest BCUT2D eigenvalue weighted by molar-refractivity contribution is 7.19. The first kappa shape index (κ1) is 13.9. The molecule has 1 atom stereocenters. The van der Waals surface area contributed by atoms with Gasteiger partial charge in [0.25, 0.3) is 0 Å². The molecule has 4 aromatic rings. The quantitative estimate of drug-likeness (QED) is 0.538. The number of aryl methyl sites for hydroxylation is 1. The second-order valence-corrected chi connectivity index (χ2v) is 7.65. The van der Waals surface area contributed by atoms with Gasteiger partial charge in [-0.1, -0.05) is 19.1 Å². The number of hydrogen-bond acceptors (Lipinski definition) is 5. The molecule has 0 unspecified atom stereocenters. The highest BCUT2D eigenvalue weighted by Gasteiger charge is 2.23. The van der Waals surface area contributed by atoms with E-state index in [-0.39, 0.29) is 0 Å². The lowest BCUT2D eigenvalue weighted by atomic mass is 9.89. The maximum atomic E-state index is 6.09. The Morgan fingerprint density at radius 2 is 2.17 bits per heavy atom. The second kappa shape index (κ2) is 5.01. The molecule has 0 saturated carbocycles. The average Bonchev–Trinajstić information content (AvgIpc) is 3.14. The van der Waals surface area contributed by atoms with Crippen LogP contribution in [0.4, 0.5) is 5.69 Å². The summed E-state index contributed by atoms with van der Waals surface area (Å²) in [4.78, 5) is 12.0. The molecule has 0 fully saturated rings.